The molecule has 2 amide bonds. The number of nitrogens with one attached hydrogen (secondary N) is 1. The number of alkyl halides is 3. The Morgan fingerprint density at radius 1 is 0.973 bits per heavy atom. The van der Waals surface area contributed by atoms with Crippen LogP contribution in [0.2, 0.25) is 0 Å². The van der Waals surface area contributed by atoms with Crippen LogP contribution in [-0.2, 0) is 6.18 Å². The summed E-state index contributed by atoms with van der Waals surface area (Å²) in [6.07, 6.45) is -1.28. The van der Waals surface area contributed by atoms with E-state index in [1.165, 1.54) is 19.1 Å². The van der Waals surface area contributed by atoms with Gasteiger partial charge in [-0.05, 0) is 85.3 Å². The third-order valence-electron chi connectivity index (χ3n) is 7.01. The molecule has 5 rings (SSSR count). The number of furan rings is 1. The molecule has 0 radical (unpaired) electrons. The molecule has 190 valence electrons. The van der Waals surface area contributed by atoms with Gasteiger partial charge in [0.25, 0.3) is 11.8 Å². The number of amides is 2. The van der Waals surface area contributed by atoms with Crippen molar-refractivity contribution in [3.8, 4) is 0 Å². The molecule has 1 aromatic heterocycles. The van der Waals surface area contributed by atoms with Gasteiger partial charge in [0.1, 0.15) is 5.58 Å². The van der Waals surface area contributed by atoms with Crippen molar-refractivity contribution in [3.05, 3.63) is 101 Å². The van der Waals surface area contributed by atoms with E-state index >= 15 is 0 Å². The summed E-state index contributed by atoms with van der Waals surface area (Å²) in [5, 5.41) is 3.59. The first-order chi connectivity index (χ1) is 17.7. The molecule has 37 heavy (non-hydrogen) atoms. The lowest BCUT2D eigenvalue weighted by atomic mass is 9.89. The molecule has 5 nitrogen and oxygen atoms in total. The average molecular weight is 507 g/mol. The summed E-state index contributed by atoms with van der Waals surface area (Å²) in [5.41, 5.74) is 2.07. The number of benzene rings is 3. The number of carbonyl (C=O) groups excluding carboxylic acids is 2. The maximum Gasteiger partial charge on any atom is 0.416 e. The maximum absolute atomic E-state index is 13.2. The molecular weight excluding hydrogens is 481 g/mol. The molecular formula is C29H25F3N2O3. The van der Waals surface area contributed by atoms with Crippen LogP contribution in [0.5, 0.6) is 0 Å². The molecule has 1 saturated heterocycles. The number of likely N-dealkylation sites (tertiary alicyclic amines) is 1. The fourth-order valence-corrected chi connectivity index (χ4v) is 4.92. The van der Waals surface area contributed by atoms with Gasteiger partial charge in [-0.15, -0.1) is 0 Å². The summed E-state index contributed by atoms with van der Waals surface area (Å²) < 4.78 is 44.9. The van der Waals surface area contributed by atoms with Crippen LogP contribution in [0.15, 0.2) is 77.4 Å². The van der Waals surface area contributed by atoms with Gasteiger partial charge in [0.05, 0.1) is 11.8 Å². The minimum absolute atomic E-state index is 0.00416. The highest BCUT2D eigenvalue weighted by Crippen LogP contribution is 2.33. The van der Waals surface area contributed by atoms with Crippen molar-refractivity contribution < 1.29 is 27.2 Å². The van der Waals surface area contributed by atoms with E-state index in [1.54, 1.807) is 24.5 Å². The molecule has 1 N–H and O–H groups in total. The molecule has 0 aliphatic carbocycles. The second-order valence-corrected chi connectivity index (χ2v) is 9.29. The van der Waals surface area contributed by atoms with Crippen molar-refractivity contribution >= 4 is 28.5 Å². The van der Waals surface area contributed by atoms with Crippen molar-refractivity contribution in [3.63, 3.8) is 0 Å². The first kappa shape index (κ1) is 24.6. The highest BCUT2D eigenvalue weighted by Gasteiger charge is 2.33. The highest BCUT2D eigenvalue weighted by molar-refractivity contribution is 6.05. The number of piperidine rings is 1. The van der Waals surface area contributed by atoms with E-state index in [-0.39, 0.29) is 23.0 Å². The minimum atomic E-state index is -4.52. The van der Waals surface area contributed by atoms with Crippen LogP contribution in [-0.4, -0.2) is 29.8 Å². The Kier molecular flexibility index (Phi) is 6.50. The standard InChI is InChI=1S/C29H25F3N2O3/c1-18-24(3-2-4-25(18)29(30,31)32)27(35)33-23-8-5-19(6-9-23)20-11-14-34(15-12-20)28(36)22-7-10-26-21(17-22)13-16-37-26/h2-10,13,16-17,20H,11-12,14-15H2,1H3,(H,33,35). The summed E-state index contributed by atoms with van der Waals surface area (Å²) in [6.45, 7) is 2.58. The SMILES string of the molecule is Cc1c(C(=O)Nc2ccc(C3CCN(C(=O)c4ccc5occc5c4)CC3)cc2)cccc1C(F)(F)F. The van der Waals surface area contributed by atoms with Crippen molar-refractivity contribution in [2.45, 2.75) is 31.9 Å². The average Bonchev–Trinajstić information content (AvgIpc) is 3.36. The smallest absolute Gasteiger partial charge is 0.416 e. The zero-order valence-corrected chi connectivity index (χ0v) is 20.1. The number of halogens is 3. The van der Waals surface area contributed by atoms with Gasteiger partial charge in [0.2, 0.25) is 0 Å². The molecule has 4 aromatic rings. The molecule has 8 heteroatoms. The molecule has 0 bridgehead atoms. The van der Waals surface area contributed by atoms with Gasteiger partial charge in [0, 0.05) is 35.3 Å². The molecule has 0 atom stereocenters. The van der Waals surface area contributed by atoms with E-state index in [0.29, 0.717) is 24.3 Å². The van der Waals surface area contributed by atoms with Crippen molar-refractivity contribution in [2.24, 2.45) is 0 Å². The van der Waals surface area contributed by atoms with Gasteiger partial charge in [-0.2, -0.15) is 13.2 Å². The number of nitrogens with zero attached hydrogens (tertiary/aromatic N) is 1. The molecule has 3 aromatic carbocycles. The Labute approximate surface area is 211 Å². The predicted molar refractivity (Wildman–Crippen MR) is 135 cm³/mol. The summed E-state index contributed by atoms with van der Waals surface area (Å²) in [6, 6.07) is 18.2. The van der Waals surface area contributed by atoms with Crippen LogP contribution in [0.4, 0.5) is 18.9 Å². The Morgan fingerprint density at radius 2 is 1.70 bits per heavy atom. The summed E-state index contributed by atoms with van der Waals surface area (Å²) in [7, 11) is 0. The van der Waals surface area contributed by atoms with Crippen LogP contribution >= 0.6 is 0 Å². The third kappa shape index (κ3) is 5.09. The van der Waals surface area contributed by atoms with E-state index in [0.717, 1.165) is 35.4 Å². The minimum Gasteiger partial charge on any atom is -0.464 e. The van der Waals surface area contributed by atoms with Crippen molar-refractivity contribution in [1.29, 1.82) is 0 Å². The topological polar surface area (TPSA) is 62.6 Å². The molecule has 1 aliphatic heterocycles. The third-order valence-corrected chi connectivity index (χ3v) is 7.01. The Hall–Kier alpha value is -4.07. The van der Waals surface area contributed by atoms with E-state index < -0.39 is 17.6 Å². The van der Waals surface area contributed by atoms with Crippen LogP contribution in [0.3, 0.4) is 0 Å². The van der Waals surface area contributed by atoms with E-state index in [4.69, 9.17) is 4.42 Å². The fraction of sp³-hybridized carbons (Fsp3) is 0.241. The molecule has 0 saturated carbocycles. The zero-order chi connectivity index (χ0) is 26.2. The predicted octanol–water partition coefficient (Wildman–Crippen LogP) is 7.03. The molecule has 1 fully saturated rings. The van der Waals surface area contributed by atoms with Gasteiger partial charge in [-0.3, -0.25) is 9.59 Å². The largest absolute Gasteiger partial charge is 0.464 e. The maximum atomic E-state index is 13.2. The first-order valence-electron chi connectivity index (χ1n) is 12.1. The van der Waals surface area contributed by atoms with Gasteiger partial charge >= 0.3 is 6.18 Å². The second-order valence-electron chi connectivity index (χ2n) is 9.29. The van der Waals surface area contributed by atoms with Gasteiger partial charge in [-0.25, -0.2) is 0 Å². The number of carbonyl (C=O) groups is 2. The highest BCUT2D eigenvalue weighted by atomic mass is 19.4. The monoisotopic (exact) mass is 506 g/mol. The number of anilines is 1. The van der Waals surface area contributed by atoms with Crippen LogP contribution in [0, 0.1) is 6.92 Å². The Balaban J connectivity index is 1.20. The quantitative estimate of drug-likeness (QED) is 0.323. The Morgan fingerprint density at radius 3 is 2.41 bits per heavy atom. The number of hydrogen-bond acceptors (Lipinski definition) is 3. The van der Waals surface area contributed by atoms with E-state index in [9.17, 15) is 22.8 Å². The Bertz CT molecular complexity index is 1450. The summed E-state index contributed by atoms with van der Waals surface area (Å²) in [5.74, 6) is -0.308. The van der Waals surface area contributed by atoms with Crippen molar-refractivity contribution in [1.82, 2.24) is 4.90 Å². The van der Waals surface area contributed by atoms with Crippen LogP contribution in [0.1, 0.15) is 56.2 Å². The number of rotatable bonds is 4. The molecule has 0 unspecified atom stereocenters. The second kappa shape index (κ2) is 9.76. The van der Waals surface area contributed by atoms with Gasteiger partial charge < -0.3 is 14.6 Å². The van der Waals surface area contributed by atoms with Gasteiger partial charge in [-0.1, -0.05) is 18.2 Å². The number of fused-ring (bicyclic) bond motifs is 1. The summed E-state index contributed by atoms with van der Waals surface area (Å²) in [4.78, 5) is 27.5. The molecule has 1 aliphatic rings. The van der Waals surface area contributed by atoms with Crippen molar-refractivity contribution in [2.75, 3.05) is 18.4 Å². The van der Waals surface area contributed by atoms with E-state index in [2.05, 4.69) is 5.32 Å². The lowest BCUT2D eigenvalue weighted by Crippen LogP contribution is -2.37. The summed E-state index contributed by atoms with van der Waals surface area (Å²) >= 11 is 0. The van der Waals surface area contributed by atoms with E-state index in [1.807, 2.05) is 35.2 Å². The van der Waals surface area contributed by atoms with Crippen LogP contribution < -0.4 is 5.32 Å². The van der Waals surface area contributed by atoms with Crippen LogP contribution in [0.25, 0.3) is 11.0 Å². The lowest BCUT2D eigenvalue weighted by molar-refractivity contribution is -0.138. The zero-order valence-electron chi connectivity index (χ0n) is 20.1. The van der Waals surface area contributed by atoms with Gasteiger partial charge in [0.15, 0.2) is 0 Å². The normalized spacial score (nSPS) is 14.6. The molecule has 2 heterocycles. The lowest BCUT2D eigenvalue weighted by Gasteiger charge is -2.32. The molecule has 0 spiro atoms. The number of hydrogen-bond donors (Lipinski definition) is 1. The fourth-order valence-electron chi connectivity index (χ4n) is 4.92. The first-order valence-corrected chi connectivity index (χ1v) is 12.1.